The largest absolute Gasteiger partial charge is 0.490 e. The summed E-state index contributed by atoms with van der Waals surface area (Å²) in [5.74, 6) is 0.188. The van der Waals surface area contributed by atoms with E-state index in [1.54, 1.807) is 31.2 Å². The minimum absolute atomic E-state index is 0.0665. The minimum atomic E-state index is -4.44. The van der Waals surface area contributed by atoms with Gasteiger partial charge in [0.05, 0.1) is 12.2 Å². The van der Waals surface area contributed by atoms with Gasteiger partial charge in [0.15, 0.2) is 11.5 Å². The highest BCUT2D eigenvalue weighted by Gasteiger charge is 2.30. The third-order valence-electron chi connectivity index (χ3n) is 5.13. The van der Waals surface area contributed by atoms with Crippen LogP contribution in [0.25, 0.3) is 6.08 Å². The standard InChI is InChI=1S/C28H25F3N2O3/c1-2-35-26-17-21(15-23(18-32)27(34)33-14-13-20-7-4-3-5-8-20)11-12-25(26)36-19-22-9-6-10-24(16-22)28(29,30)31/h3-12,15-17H,2,13-14,19H2,1H3,(H,33,34). The van der Waals surface area contributed by atoms with Crippen molar-refractivity contribution in [1.82, 2.24) is 5.32 Å². The number of carbonyl (C=O) groups is 1. The Morgan fingerprint density at radius 1 is 0.972 bits per heavy atom. The first-order valence-electron chi connectivity index (χ1n) is 11.3. The predicted molar refractivity (Wildman–Crippen MR) is 130 cm³/mol. The van der Waals surface area contributed by atoms with Crippen LogP contribution in [0.2, 0.25) is 0 Å². The van der Waals surface area contributed by atoms with E-state index in [9.17, 15) is 23.2 Å². The van der Waals surface area contributed by atoms with E-state index in [1.807, 2.05) is 36.4 Å². The Balaban J connectivity index is 1.69. The number of nitriles is 1. The molecule has 3 aromatic carbocycles. The Bertz CT molecular complexity index is 1250. The van der Waals surface area contributed by atoms with E-state index >= 15 is 0 Å². The number of hydrogen-bond donors (Lipinski definition) is 1. The van der Waals surface area contributed by atoms with Crippen LogP contribution < -0.4 is 14.8 Å². The third kappa shape index (κ3) is 7.64. The van der Waals surface area contributed by atoms with Crippen molar-refractivity contribution in [2.24, 2.45) is 0 Å². The second kappa shape index (κ2) is 12.5. The highest BCUT2D eigenvalue weighted by atomic mass is 19.4. The number of alkyl halides is 3. The Morgan fingerprint density at radius 3 is 2.42 bits per heavy atom. The normalized spacial score (nSPS) is 11.5. The monoisotopic (exact) mass is 494 g/mol. The molecule has 0 saturated carbocycles. The van der Waals surface area contributed by atoms with Gasteiger partial charge in [0.25, 0.3) is 5.91 Å². The molecule has 0 atom stereocenters. The molecule has 0 aliphatic carbocycles. The van der Waals surface area contributed by atoms with Crippen molar-refractivity contribution in [3.05, 3.63) is 101 Å². The van der Waals surface area contributed by atoms with Crippen LogP contribution in [0, 0.1) is 11.3 Å². The molecule has 3 rings (SSSR count). The lowest BCUT2D eigenvalue weighted by Crippen LogP contribution is -2.26. The van der Waals surface area contributed by atoms with Crippen LogP contribution >= 0.6 is 0 Å². The zero-order valence-electron chi connectivity index (χ0n) is 19.6. The summed E-state index contributed by atoms with van der Waals surface area (Å²) in [6.07, 6.45) is -2.36. The average molecular weight is 495 g/mol. The molecule has 0 aromatic heterocycles. The van der Waals surface area contributed by atoms with Crippen LogP contribution in [0.4, 0.5) is 13.2 Å². The van der Waals surface area contributed by atoms with E-state index in [4.69, 9.17) is 9.47 Å². The van der Waals surface area contributed by atoms with Crippen molar-refractivity contribution in [2.75, 3.05) is 13.2 Å². The number of nitrogens with zero attached hydrogens (tertiary/aromatic N) is 1. The molecule has 0 aliphatic rings. The molecular weight excluding hydrogens is 469 g/mol. The number of carbonyl (C=O) groups excluding carboxylic acids is 1. The summed E-state index contributed by atoms with van der Waals surface area (Å²) in [7, 11) is 0. The van der Waals surface area contributed by atoms with Crippen LogP contribution in [0.1, 0.15) is 29.2 Å². The number of amides is 1. The SMILES string of the molecule is CCOc1cc(C=C(C#N)C(=O)NCCc2ccccc2)ccc1OCc1cccc(C(F)(F)F)c1. The van der Waals surface area contributed by atoms with Gasteiger partial charge in [-0.15, -0.1) is 0 Å². The lowest BCUT2D eigenvalue weighted by Gasteiger charge is -2.14. The van der Waals surface area contributed by atoms with Gasteiger partial charge >= 0.3 is 6.18 Å². The molecule has 0 saturated heterocycles. The van der Waals surface area contributed by atoms with E-state index in [2.05, 4.69) is 5.32 Å². The van der Waals surface area contributed by atoms with Gasteiger partial charge < -0.3 is 14.8 Å². The number of benzene rings is 3. The zero-order chi connectivity index (χ0) is 26.0. The van der Waals surface area contributed by atoms with Gasteiger partial charge in [0, 0.05) is 6.54 Å². The highest BCUT2D eigenvalue weighted by Crippen LogP contribution is 2.32. The van der Waals surface area contributed by atoms with Crippen molar-refractivity contribution >= 4 is 12.0 Å². The minimum Gasteiger partial charge on any atom is -0.490 e. The number of ether oxygens (including phenoxy) is 2. The highest BCUT2D eigenvalue weighted by molar-refractivity contribution is 6.01. The molecule has 0 spiro atoms. The van der Waals surface area contributed by atoms with Gasteiger partial charge in [-0.1, -0.05) is 48.5 Å². The van der Waals surface area contributed by atoms with Gasteiger partial charge in [0.2, 0.25) is 0 Å². The first kappa shape index (κ1) is 26.4. The lowest BCUT2D eigenvalue weighted by molar-refractivity contribution is -0.137. The Labute approximate surface area is 207 Å². The second-order valence-electron chi connectivity index (χ2n) is 7.79. The van der Waals surface area contributed by atoms with Crippen molar-refractivity contribution in [2.45, 2.75) is 26.1 Å². The van der Waals surface area contributed by atoms with Gasteiger partial charge in [-0.05, 0) is 60.4 Å². The molecule has 0 aliphatic heterocycles. The maximum Gasteiger partial charge on any atom is 0.416 e. The molecule has 36 heavy (non-hydrogen) atoms. The van der Waals surface area contributed by atoms with Crippen molar-refractivity contribution in [1.29, 1.82) is 5.26 Å². The smallest absolute Gasteiger partial charge is 0.416 e. The van der Waals surface area contributed by atoms with Crippen LogP contribution in [-0.4, -0.2) is 19.1 Å². The predicted octanol–water partition coefficient (Wildman–Crippen LogP) is 5.95. The van der Waals surface area contributed by atoms with Crippen molar-refractivity contribution < 1.29 is 27.4 Å². The van der Waals surface area contributed by atoms with E-state index < -0.39 is 17.6 Å². The average Bonchev–Trinajstić information content (AvgIpc) is 2.87. The van der Waals surface area contributed by atoms with Crippen LogP contribution in [-0.2, 0) is 24.0 Å². The summed E-state index contributed by atoms with van der Waals surface area (Å²) < 4.78 is 50.2. The molecule has 3 aromatic rings. The van der Waals surface area contributed by atoms with Gasteiger partial charge in [-0.3, -0.25) is 4.79 Å². The Kier molecular flexibility index (Phi) is 9.12. The fourth-order valence-electron chi connectivity index (χ4n) is 3.38. The summed E-state index contributed by atoms with van der Waals surface area (Å²) in [4.78, 5) is 12.5. The summed E-state index contributed by atoms with van der Waals surface area (Å²) in [5.41, 5.74) is 1.15. The van der Waals surface area contributed by atoms with Crippen molar-refractivity contribution in [3.63, 3.8) is 0 Å². The zero-order valence-corrected chi connectivity index (χ0v) is 19.6. The van der Waals surface area contributed by atoms with Gasteiger partial charge in [-0.2, -0.15) is 18.4 Å². The van der Waals surface area contributed by atoms with Gasteiger partial charge in [0.1, 0.15) is 18.2 Å². The number of halogens is 3. The number of nitrogens with one attached hydrogen (secondary N) is 1. The molecule has 1 N–H and O–H groups in total. The molecule has 0 heterocycles. The fourth-order valence-corrected chi connectivity index (χ4v) is 3.38. The summed E-state index contributed by atoms with van der Waals surface area (Å²) in [6, 6.07) is 21.3. The first-order valence-corrected chi connectivity index (χ1v) is 11.3. The molecular formula is C28H25F3N2O3. The maximum absolute atomic E-state index is 13.0. The van der Waals surface area contributed by atoms with E-state index in [1.165, 1.54) is 12.1 Å². The molecule has 1 amide bonds. The van der Waals surface area contributed by atoms with Crippen LogP contribution in [0.5, 0.6) is 11.5 Å². The Morgan fingerprint density at radius 2 is 1.72 bits per heavy atom. The van der Waals surface area contributed by atoms with Crippen LogP contribution in [0.15, 0.2) is 78.4 Å². The molecule has 8 heteroatoms. The summed E-state index contributed by atoms with van der Waals surface area (Å²) in [5, 5.41) is 12.2. The molecule has 0 bridgehead atoms. The van der Waals surface area contributed by atoms with E-state index in [-0.39, 0.29) is 12.2 Å². The van der Waals surface area contributed by atoms with Gasteiger partial charge in [-0.25, -0.2) is 0 Å². The summed E-state index contributed by atoms with van der Waals surface area (Å²) >= 11 is 0. The molecule has 5 nitrogen and oxygen atoms in total. The fraction of sp³-hybridized carbons (Fsp3) is 0.214. The second-order valence-corrected chi connectivity index (χ2v) is 7.79. The quantitative estimate of drug-likeness (QED) is 0.279. The Hall–Kier alpha value is -4.25. The first-order chi connectivity index (χ1) is 17.3. The molecule has 0 unspecified atom stereocenters. The van der Waals surface area contributed by atoms with Crippen molar-refractivity contribution in [3.8, 4) is 17.6 Å². The lowest BCUT2D eigenvalue weighted by atomic mass is 10.1. The third-order valence-corrected chi connectivity index (χ3v) is 5.13. The summed E-state index contributed by atoms with van der Waals surface area (Å²) in [6.45, 7) is 2.39. The molecule has 0 radical (unpaired) electrons. The molecule has 0 fully saturated rings. The van der Waals surface area contributed by atoms with Crippen LogP contribution in [0.3, 0.4) is 0 Å². The van der Waals surface area contributed by atoms with E-state index in [0.717, 1.165) is 17.7 Å². The van der Waals surface area contributed by atoms with E-state index in [0.29, 0.717) is 42.2 Å². The molecule has 186 valence electrons. The maximum atomic E-state index is 13.0. The topological polar surface area (TPSA) is 71.3 Å². The number of rotatable bonds is 10. The number of hydrogen-bond acceptors (Lipinski definition) is 4.